The molecular formula is C12H14FNO. The molecule has 15 heavy (non-hydrogen) atoms. The van der Waals surface area contributed by atoms with Crippen LogP contribution in [0.2, 0.25) is 0 Å². The van der Waals surface area contributed by atoms with E-state index in [9.17, 15) is 4.39 Å². The summed E-state index contributed by atoms with van der Waals surface area (Å²) >= 11 is 0. The van der Waals surface area contributed by atoms with E-state index in [-0.39, 0.29) is 11.8 Å². The second-order valence-electron chi connectivity index (χ2n) is 3.33. The Bertz CT molecular complexity index is 350. The van der Waals surface area contributed by atoms with Crippen molar-refractivity contribution in [2.75, 3.05) is 0 Å². The first kappa shape index (κ1) is 11.5. The van der Waals surface area contributed by atoms with Crippen molar-refractivity contribution in [1.82, 2.24) is 5.32 Å². The Kier molecular flexibility index (Phi) is 4.14. The van der Waals surface area contributed by atoms with Crippen molar-refractivity contribution < 1.29 is 9.50 Å². The van der Waals surface area contributed by atoms with Gasteiger partial charge in [-0.15, -0.1) is 6.42 Å². The van der Waals surface area contributed by atoms with Crippen LogP contribution in [0.4, 0.5) is 4.39 Å². The molecule has 0 aliphatic carbocycles. The molecule has 0 spiro atoms. The maximum atomic E-state index is 12.9. The van der Waals surface area contributed by atoms with E-state index in [1.165, 1.54) is 12.1 Å². The van der Waals surface area contributed by atoms with E-state index in [1.807, 2.05) is 6.92 Å². The molecule has 1 rings (SSSR count). The highest BCUT2D eigenvalue weighted by atomic mass is 19.1. The molecule has 2 N–H and O–H groups in total. The van der Waals surface area contributed by atoms with Gasteiger partial charge in [0.15, 0.2) is 0 Å². The third-order valence-electron chi connectivity index (χ3n) is 2.10. The lowest BCUT2D eigenvalue weighted by Crippen LogP contribution is -2.26. The first-order valence-electron chi connectivity index (χ1n) is 4.83. The van der Waals surface area contributed by atoms with Crippen LogP contribution in [0.1, 0.15) is 18.9 Å². The molecule has 0 radical (unpaired) electrons. The number of phenolic OH excluding ortho intramolecular Hbond substituents is 1. The smallest absolute Gasteiger partial charge is 0.127 e. The van der Waals surface area contributed by atoms with Gasteiger partial charge in [-0.25, -0.2) is 4.39 Å². The van der Waals surface area contributed by atoms with Gasteiger partial charge < -0.3 is 5.11 Å². The zero-order valence-electron chi connectivity index (χ0n) is 8.63. The summed E-state index contributed by atoms with van der Waals surface area (Å²) in [4.78, 5) is 0. The molecule has 1 unspecified atom stereocenters. The minimum Gasteiger partial charge on any atom is -0.508 e. The molecule has 0 saturated carbocycles. The molecule has 0 aliphatic heterocycles. The minimum atomic E-state index is -0.444. The molecule has 0 aliphatic rings. The molecule has 2 nitrogen and oxygen atoms in total. The Morgan fingerprint density at radius 1 is 1.53 bits per heavy atom. The highest BCUT2D eigenvalue weighted by molar-refractivity contribution is 5.28. The van der Waals surface area contributed by atoms with Gasteiger partial charge in [0.25, 0.3) is 0 Å². The normalized spacial score (nSPS) is 12.1. The van der Waals surface area contributed by atoms with Crippen LogP contribution in [0.25, 0.3) is 0 Å². The van der Waals surface area contributed by atoms with Gasteiger partial charge in [-0.2, -0.15) is 0 Å². The second-order valence-corrected chi connectivity index (χ2v) is 3.33. The molecule has 0 heterocycles. The Hall–Kier alpha value is -1.53. The lowest BCUT2D eigenvalue weighted by Gasteiger charge is -2.10. The fourth-order valence-corrected chi connectivity index (χ4v) is 1.30. The van der Waals surface area contributed by atoms with Crippen molar-refractivity contribution in [1.29, 1.82) is 0 Å². The zero-order chi connectivity index (χ0) is 11.3. The van der Waals surface area contributed by atoms with E-state index >= 15 is 0 Å². The molecule has 0 fully saturated rings. The van der Waals surface area contributed by atoms with Crippen LogP contribution in [0.15, 0.2) is 18.2 Å². The monoisotopic (exact) mass is 207 g/mol. The van der Waals surface area contributed by atoms with Crippen molar-refractivity contribution in [3.63, 3.8) is 0 Å². The average molecular weight is 207 g/mol. The van der Waals surface area contributed by atoms with Crippen molar-refractivity contribution in [2.24, 2.45) is 0 Å². The van der Waals surface area contributed by atoms with Gasteiger partial charge in [0.05, 0.1) is 6.04 Å². The molecule has 0 bridgehead atoms. The summed E-state index contributed by atoms with van der Waals surface area (Å²) in [6.07, 6.45) is 6.09. The number of phenols is 1. The van der Waals surface area contributed by atoms with Crippen molar-refractivity contribution >= 4 is 0 Å². The van der Waals surface area contributed by atoms with E-state index in [1.54, 1.807) is 0 Å². The summed E-state index contributed by atoms with van der Waals surface area (Å²) in [5, 5.41) is 12.2. The number of aromatic hydroxyl groups is 1. The quantitative estimate of drug-likeness (QED) is 0.740. The molecule has 1 atom stereocenters. The molecule has 1 aromatic rings. The topological polar surface area (TPSA) is 32.3 Å². The number of halogens is 1. The molecule has 1 aromatic carbocycles. The van der Waals surface area contributed by atoms with Crippen LogP contribution in [-0.4, -0.2) is 11.1 Å². The number of nitrogens with one attached hydrogen (secondary N) is 1. The van der Waals surface area contributed by atoms with Gasteiger partial charge in [0, 0.05) is 12.6 Å². The summed E-state index contributed by atoms with van der Waals surface area (Å²) in [5.74, 6) is 2.07. The fraction of sp³-hybridized carbons (Fsp3) is 0.333. The molecule has 0 saturated heterocycles. The number of benzene rings is 1. The van der Waals surface area contributed by atoms with Gasteiger partial charge in [0.2, 0.25) is 0 Å². The number of hydrogen-bond acceptors (Lipinski definition) is 2. The SMILES string of the molecule is C#CC(CC)NCc1cc(O)cc(F)c1. The Morgan fingerprint density at radius 2 is 2.27 bits per heavy atom. The summed E-state index contributed by atoms with van der Waals surface area (Å²) in [5.41, 5.74) is 0.682. The van der Waals surface area contributed by atoms with Crippen LogP contribution >= 0.6 is 0 Å². The Morgan fingerprint density at radius 3 is 2.80 bits per heavy atom. The minimum absolute atomic E-state index is 0.0181. The predicted molar refractivity (Wildman–Crippen MR) is 57.8 cm³/mol. The van der Waals surface area contributed by atoms with Crippen LogP contribution in [0, 0.1) is 18.2 Å². The van der Waals surface area contributed by atoms with Gasteiger partial charge in [0.1, 0.15) is 11.6 Å². The highest BCUT2D eigenvalue weighted by Crippen LogP contribution is 2.14. The molecule has 0 amide bonds. The molecular weight excluding hydrogens is 193 g/mol. The maximum absolute atomic E-state index is 12.9. The second kappa shape index (κ2) is 5.38. The van der Waals surface area contributed by atoms with E-state index in [2.05, 4.69) is 11.2 Å². The molecule has 0 aromatic heterocycles. The lowest BCUT2D eigenvalue weighted by atomic mass is 10.2. The van der Waals surface area contributed by atoms with Crippen molar-refractivity contribution in [2.45, 2.75) is 25.9 Å². The molecule has 80 valence electrons. The third-order valence-corrected chi connectivity index (χ3v) is 2.10. The zero-order valence-corrected chi connectivity index (χ0v) is 8.63. The number of terminal acetylenes is 1. The number of rotatable bonds is 4. The standard InChI is InChI=1S/C12H14FNO/c1-3-11(4-2)14-8-9-5-10(13)7-12(15)6-9/h1,5-7,11,14-15H,4,8H2,2H3. The number of hydrogen-bond donors (Lipinski definition) is 2. The van der Waals surface area contributed by atoms with E-state index in [4.69, 9.17) is 11.5 Å². The van der Waals surface area contributed by atoms with E-state index in [0.29, 0.717) is 12.1 Å². The third kappa shape index (κ3) is 3.61. The van der Waals surface area contributed by atoms with Crippen LogP contribution < -0.4 is 5.32 Å². The van der Waals surface area contributed by atoms with Crippen LogP contribution in [0.3, 0.4) is 0 Å². The van der Waals surface area contributed by atoms with Gasteiger partial charge in [-0.1, -0.05) is 12.8 Å². The van der Waals surface area contributed by atoms with Gasteiger partial charge in [-0.05, 0) is 24.1 Å². The summed E-state index contributed by atoms with van der Waals surface area (Å²) < 4.78 is 12.9. The Labute approximate surface area is 89.1 Å². The summed E-state index contributed by atoms with van der Waals surface area (Å²) in [6, 6.07) is 3.94. The van der Waals surface area contributed by atoms with E-state index in [0.717, 1.165) is 12.5 Å². The fourth-order valence-electron chi connectivity index (χ4n) is 1.30. The van der Waals surface area contributed by atoms with Gasteiger partial charge >= 0.3 is 0 Å². The highest BCUT2D eigenvalue weighted by Gasteiger charge is 2.03. The Balaban J connectivity index is 2.62. The van der Waals surface area contributed by atoms with Gasteiger partial charge in [-0.3, -0.25) is 5.32 Å². The summed E-state index contributed by atoms with van der Waals surface area (Å²) in [7, 11) is 0. The maximum Gasteiger partial charge on any atom is 0.127 e. The van der Waals surface area contributed by atoms with E-state index < -0.39 is 5.82 Å². The summed E-state index contributed by atoms with van der Waals surface area (Å²) in [6.45, 7) is 2.43. The first-order valence-corrected chi connectivity index (χ1v) is 4.83. The van der Waals surface area contributed by atoms with Crippen molar-refractivity contribution in [3.8, 4) is 18.1 Å². The predicted octanol–water partition coefficient (Wildman–Crippen LogP) is 2.03. The van der Waals surface area contributed by atoms with Crippen molar-refractivity contribution in [3.05, 3.63) is 29.6 Å². The first-order chi connectivity index (χ1) is 7.15. The lowest BCUT2D eigenvalue weighted by molar-refractivity contribution is 0.467. The van der Waals surface area contributed by atoms with Crippen LogP contribution in [0.5, 0.6) is 5.75 Å². The largest absolute Gasteiger partial charge is 0.508 e. The van der Waals surface area contributed by atoms with Crippen LogP contribution in [-0.2, 0) is 6.54 Å². The molecule has 3 heteroatoms. The average Bonchev–Trinajstić information content (AvgIpc) is 2.18.